The van der Waals surface area contributed by atoms with E-state index in [9.17, 15) is 5.21 Å². The molecule has 0 saturated carbocycles. The van der Waals surface area contributed by atoms with Gasteiger partial charge in [-0.05, 0) is 12.1 Å². The van der Waals surface area contributed by atoms with Crippen LogP contribution in [0.2, 0.25) is 0 Å². The zero-order chi connectivity index (χ0) is 8.81. The Labute approximate surface area is 76.5 Å². The Bertz CT molecular complexity index is 218. The quantitative estimate of drug-likeness (QED) is 0.577. The minimum Gasteiger partial charge on any atom is -0.767 e. The molecule has 0 aliphatic carbocycles. The van der Waals surface area contributed by atoms with Gasteiger partial charge in [0.15, 0.2) is 0 Å². The van der Waals surface area contributed by atoms with Crippen molar-refractivity contribution in [3.05, 3.63) is 35.5 Å². The molecule has 0 aliphatic heterocycles. The molecule has 0 saturated heterocycles. The molecule has 0 unspecified atom stereocenters. The van der Waals surface area contributed by atoms with Crippen LogP contribution in [0.25, 0.3) is 0 Å². The van der Waals surface area contributed by atoms with Gasteiger partial charge >= 0.3 is 0 Å². The van der Waals surface area contributed by atoms with Gasteiger partial charge in [-0.25, -0.2) is 0 Å². The van der Waals surface area contributed by atoms with Crippen molar-refractivity contribution in [1.82, 2.24) is 5.17 Å². The van der Waals surface area contributed by atoms with Crippen LogP contribution in [0.1, 0.15) is 0 Å². The average Bonchev–Trinajstić information content (AvgIpc) is 2.06. The molecule has 0 heterocycles. The molecule has 1 N–H and O–H groups in total. The van der Waals surface area contributed by atoms with E-state index < -0.39 is 0 Å². The van der Waals surface area contributed by atoms with E-state index in [1.54, 1.807) is 0 Å². The zero-order valence-electron chi connectivity index (χ0n) is 6.53. The van der Waals surface area contributed by atoms with E-state index in [4.69, 9.17) is 11.6 Å². The highest BCUT2D eigenvalue weighted by molar-refractivity contribution is 6.18. The highest BCUT2D eigenvalue weighted by Gasteiger charge is 1.89. The van der Waals surface area contributed by atoms with Gasteiger partial charge in [-0.1, -0.05) is 18.2 Å². The molecule has 0 aromatic heterocycles. The monoisotopic (exact) mass is 185 g/mol. The number of hydrogen-bond acceptors (Lipinski definition) is 3. The maximum Gasteiger partial charge on any atom is 0.0479 e. The van der Waals surface area contributed by atoms with E-state index in [2.05, 4.69) is 5.43 Å². The number of halogens is 1. The van der Waals surface area contributed by atoms with Gasteiger partial charge in [0.1, 0.15) is 0 Å². The summed E-state index contributed by atoms with van der Waals surface area (Å²) in [5.41, 5.74) is 3.41. The summed E-state index contributed by atoms with van der Waals surface area (Å²) in [6, 6.07) is 9.24. The molecule has 1 rings (SSSR count). The third-order valence-electron chi connectivity index (χ3n) is 1.32. The Morgan fingerprint density at radius 1 is 1.33 bits per heavy atom. The fraction of sp³-hybridized carbons (Fsp3) is 0.250. The zero-order valence-corrected chi connectivity index (χ0v) is 7.29. The van der Waals surface area contributed by atoms with Crippen LogP contribution in [0, 0.1) is 5.21 Å². The number of hydroxylamine groups is 1. The van der Waals surface area contributed by atoms with Gasteiger partial charge in [-0.3, -0.25) is 5.17 Å². The number of anilines is 1. The minimum atomic E-state index is 0.274. The van der Waals surface area contributed by atoms with Crippen LogP contribution in [0.3, 0.4) is 0 Å². The third kappa shape index (κ3) is 3.09. The number of nitrogens with one attached hydrogen (secondary N) is 1. The van der Waals surface area contributed by atoms with Gasteiger partial charge < -0.3 is 10.6 Å². The molecule has 0 radical (unpaired) electrons. The summed E-state index contributed by atoms with van der Waals surface area (Å²) in [5, 5.41) is 11.6. The third-order valence-corrected chi connectivity index (χ3v) is 1.48. The maximum absolute atomic E-state index is 10.9. The molecule has 0 fully saturated rings. The van der Waals surface area contributed by atoms with Gasteiger partial charge in [0.2, 0.25) is 0 Å². The van der Waals surface area contributed by atoms with Crippen LogP contribution in [0.4, 0.5) is 5.69 Å². The van der Waals surface area contributed by atoms with Crippen LogP contribution in [0.5, 0.6) is 0 Å². The first kappa shape index (κ1) is 9.32. The van der Waals surface area contributed by atoms with E-state index >= 15 is 0 Å². The van der Waals surface area contributed by atoms with Crippen molar-refractivity contribution in [1.29, 1.82) is 0 Å². The number of para-hydroxylation sites is 1. The van der Waals surface area contributed by atoms with Gasteiger partial charge in [0.05, 0.1) is 0 Å². The predicted octanol–water partition coefficient (Wildman–Crippen LogP) is 2.05. The number of rotatable bonds is 4. The van der Waals surface area contributed by atoms with Gasteiger partial charge in [-0.2, -0.15) is 0 Å². The smallest absolute Gasteiger partial charge is 0.0479 e. The van der Waals surface area contributed by atoms with E-state index in [1.165, 1.54) is 0 Å². The second-order valence-electron chi connectivity index (χ2n) is 2.27. The van der Waals surface area contributed by atoms with Crippen molar-refractivity contribution in [3.8, 4) is 0 Å². The molecule has 0 spiro atoms. The average molecular weight is 186 g/mol. The highest BCUT2D eigenvalue weighted by Crippen LogP contribution is 2.05. The van der Waals surface area contributed by atoms with Crippen LogP contribution >= 0.6 is 11.6 Å². The number of hydrogen-bond donors (Lipinski definition) is 1. The van der Waals surface area contributed by atoms with Crippen molar-refractivity contribution >= 4 is 17.3 Å². The number of alkyl halides is 1. The summed E-state index contributed by atoms with van der Waals surface area (Å²) in [6.07, 6.45) is 0. The fourth-order valence-corrected chi connectivity index (χ4v) is 0.943. The Morgan fingerprint density at radius 3 is 2.58 bits per heavy atom. The van der Waals surface area contributed by atoms with Crippen LogP contribution < -0.4 is 5.43 Å². The molecule has 0 amide bonds. The Kier molecular flexibility index (Phi) is 3.87. The van der Waals surface area contributed by atoms with E-state index in [-0.39, 0.29) is 6.54 Å². The molecular formula is C8H10ClN2O-. The number of nitrogens with zero attached hydrogens (tertiary/aromatic N) is 1. The Balaban J connectivity index is 2.41. The molecule has 66 valence electrons. The lowest BCUT2D eigenvalue weighted by molar-refractivity contribution is 0.481. The summed E-state index contributed by atoms with van der Waals surface area (Å²) >= 11 is 5.38. The van der Waals surface area contributed by atoms with E-state index in [0.29, 0.717) is 11.1 Å². The largest absolute Gasteiger partial charge is 0.767 e. The van der Waals surface area contributed by atoms with Gasteiger partial charge in [-0.15, -0.1) is 11.6 Å². The first-order valence-electron chi connectivity index (χ1n) is 3.65. The molecule has 12 heavy (non-hydrogen) atoms. The van der Waals surface area contributed by atoms with Gasteiger partial charge in [0, 0.05) is 18.1 Å². The van der Waals surface area contributed by atoms with Crippen molar-refractivity contribution < 1.29 is 0 Å². The SMILES string of the molecule is [O-]N(CCCl)Nc1ccccc1. The summed E-state index contributed by atoms with van der Waals surface area (Å²) in [4.78, 5) is 0. The van der Waals surface area contributed by atoms with Crippen molar-refractivity contribution in [2.24, 2.45) is 0 Å². The molecular weight excluding hydrogens is 176 g/mol. The van der Waals surface area contributed by atoms with E-state index in [1.807, 2.05) is 30.3 Å². The topological polar surface area (TPSA) is 38.3 Å². The number of benzene rings is 1. The van der Waals surface area contributed by atoms with E-state index in [0.717, 1.165) is 5.69 Å². The summed E-state index contributed by atoms with van der Waals surface area (Å²) in [6.45, 7) is 0.274. The molecule has 3 nitrogen and oxygen atoms in total. The lowest BCUT2D eigenvalue weighted by Crippen LogP contribution is -2.25. The molecule has 1 aromatic carbocycles. The molecule has 0 bridgehead atoms. The summed E-state index contributed by atoms with van der Waals surface area (Å²) in [7, 11) is 0. The van der Waals surface area contributed by atoms with Crippen LogP contribution in [0.15, 0.2) is 30.3 Å². The normalized spacial score (nSPS) is 10.2. The van der Waals surface area contributed by atoms with Crippen LogP contribution in [-0.2, 0) is 0 Å². The molecule has 4 heteroatoms. The van der Waals surface area contributed by atoms with Crippen molar-refractivity contribution in [2.75, 3.05) is 17.9 Å². The number of hydrazine groups is 1. The molecule has 0 atom stereocenters. The first-order valence-corrected chi connectivity index (χ1v) is 4.18. The second-order valence-corrected chi connectivity index (χ2v) is 2.65. The van der Waals surface area contributed by atoms with Gasteiger partial charge in [0.25, 0.3) is 0 Å². The van der Waals surface area contributed by atoms with Crippen LogP contribution in [-0.4, -0.2) is 17.6 Å². The van der Waals surface area contributed by atoms with Crippen molar-refractivity contribution in [2.45, 2.75) is 0 Å². The summed E-state index contributed by atoms with van der Waals surface area (Å²) in [5.74, 6) is 0.323. The second kappa shape index (κ2) is 4.98. The molecule has 1 aromatic rings. The maximum atomic E-state index is 10.9. The predicted molar refractivity (Wildman–Crippen MR) is 50.9 cm³/mol. The minimum absolute atomic E-state index is 0.274. The standard InChI is InChI=1S/C8H10ClN2O/c9-6-7-11(12)10-8-4-2-1-3-5-8/h1-5,10H,6-7H2/q-1. The Morgan fingerprint density at radius 2 is 2.00 bits per heavy atom. The van der Waals surface area contributed by atoms with Crippen molar-refractivity contribution in [3.63, 3.8) is 0 Å². The Hall–Kier alpha value is -0.770. The first-order chi connectivity index (χ1) is 5.83. The summed E-state index contributed by atoms with van der Waals surface area (Å²) < 4.78 is 0. The lowest BCUT2D eigenvalue weighted by atomic mass is 10.3. The molecule has 0 aliphatic rings. The fourth-order valence-electron chi connectivity index (χ4n) is 0.789. The highest BCUT2D eigenvalue weighted by atomic mass is 35.5. The lowest BCUT2D eigenvalue weighted by Gasteiger charge is -2.28.